The summed E-state index contributed by atoms with van der Waals surface area (Å²) in [5.74, 6) is -1.10. The van der Waals surface area contributed by atoms with Crippen molar-refractivity contribution in [2.75, 3.05) is 26.7 Å². The molecule has 0 unspecified atom stereocenters. The van der Waals surface area contributed by atoms with Crippen molar-refractivity contribution in [1.82, 2.24) is 9.80 Å². The van der Waals surface area contributed by atoms with E-state index in [1.165, 1.54) is 12.1 Å². The van der Waals surface area contributed by atoms with Crippen LogP contribution in [0.15, 0.2) is 18.2 Å². The van der Waals surface area contributed by atoms with Gasteiger partial charge in [-0.15, -0.1) is 0 Å². The number of hydrogen-bond acceptors (Lipinski definition) is 4. The zero-order valence-electron chi connectivity index (χ0n) is 13.5. The number of nitrogens with zero attached hydrogens (tertiary/aromatic N) is 2. The Hall–Kier alpha value is -1.79. The maximum atomic E-state index is 12.6. The Morgan fingerprint density at radius 3 is 2.50 bits per heavy atom. The number of amides is 1. The highest BCUT2D eigenvalue weighted by Crippen LogP contribution is 2.43. The van der Waals surface area contributed by atoms with Crippen molar-refractivity contribution < 1.29 is 19.8 Å². The number of phenolic OH excluding ortho intramolecular Hbond substituents is 1. The monoisotopic (exact) mass is 352 g/mol. The third-order valence-corrected chi connectivity index (χ3v) is 5.56. The zero-order chi connectivity index (χ0) is 17.5. The Kier molecular flexibility index (Phi) is 4.44. The average Bonchev–Trinajstić information content (AvgIpc) is 2.84. The number of carbonyl (C=O) groups is 2. The molecule has 24 heavy (non-hydrogen) atoms. The molecule has 1 atom stereocenters. The third-order valence-electron chi connectivity index (χ3n) is 5.33. The van der Waals surface area contributed by atoms with Crippen LogP contribution < -0.4 is 0 Å². The number of likely N-dealkylation sites (tertiary alicyclic amines) is 2. The summed E-state index contributed by atoms with van der Waals surface area (Å²) in [6.07, 6.45) is 2.19. The van der Waals surface area contributed by atoms with Gasteiger partial charge in [-0.1, -0.05) is 11.6 Å². The first kappa shape index (κ1) is 17.0. The molecule has 2 aliphatic heterocycles. The molecule has 0 saturated carbocycles. The first-order valence-corrected chi connectivity index (χ1v) is 8.40. The summed E-state index contributed by atoms with van der Waals surface area (Å²) in [7, 11) is 1.84. The topological polar surface area (TPSA) is 81.1 Å². The molecule has 0 aliphatic carbocycles. The Balaban J connectivity index is 1.67. The SMILES string of the molecule is CN1CC2(CCN(C(=O)c3ccc(Cl)cc3O)CC2)C[C@H]1C(=O)O. The fourth-order valence-electron chi connectivity index (χ4n) is 3.95. The molecule has 1 spiro atoms. The van der Waals surface area contributed by atoms with Crippen molar-refractivity contribution in [2.24, 2.45) is 5.41 Å². The lowest BCUT2D eigenvalue weighted by Gasteiger charge is -2.39. The summed E-state index contributed by atoms with van der Waals surface area (Å²) < 4.78 is 0. The summed E-state index contributed by atoms with van der Waals surface area (Å²) in [5, 5.41) is 19.6. The second-order valence-electron chi connectivity index (χ2n) is 6.93. The van der Waals surface area contributed by atoms with E-state index in [1.807, 2.05) is 11.9 Å². The van der Waals surface area contributed by atoms with Crippen molar-refractivity contribution >= 4 is 23.5 Å². The molecule has 2 saturated heterocycles. The molecule has 1 aromatic carbocycles. The van der Waals surface area contributed by atoms with E-state index >= 15 is 0 Å². The molecule has 2 fully saturated rings. The lowest BCUT2D eigenvalue weighted by molar-refractivity contribution is -0.141. The number of aromatic hydroxyl groups is 1. The number of phenols is 1. The number of carboxylic acid groups (broad SMARTS) is 1. The molecule has 6 nitrogen and oxygen atoms in total. The maximum Gasteiger partial charge on any atom is 0.320 e. The van der Waals surface area contributed by atoms with E-state index in [0.29, 0.717) is 24.5 Å². The van der Waals surface area contributed by atoms with Crippen molar-refractivity contribution in [2.45, 2.75) is 25.3 Å². The summed E-state index contributed by atoms with van der Waals surface area (Å²) in [6, 6.07) is 4.05. The van der Waals surface area contributed by atoms with Gasteiger partial charge < -0.3 is 15.1 Å². The van der Waals surface area contributed by atoms with E-state index in [-0.39, 0.29) is 22.6 Å². The van der Waals surface area contributed by atoms with Crippen molar-refractivity contribution in [1.29, 1.82) is 0 Å². The van der Waals surface area contributed by atoms with E-state index in [9.17, 15) is 19.8 Å². The summed E-state index contributed by atoms with van der Waals surface area (Å²) >= 11 is 5.80. The summed E-state index contributed by atoms with van der Waals surface area (Å²) in [4.78, 5) is 27.5. The number of hydrogen-bond donors (Lipinski definition) is 2. The van der Waals surface area contributed by atoms with E-state index in [2.05, 4.69) is 0 Å². The molecule has 0 bridgehead atoms. The second-order valence-corrected chi connectivity index (χ2v) is 7.36. The number of likely N-dealkylation sites (N-methyl/N-ethyl adjacent to an activating group) is 1. The molecule has 2 N–H and O–H groups in total. The van der Waals surface area contributed by atoms with Crippen molar-refractivity contribution in [3.63, 3.8) is 0 Å². The molecule has 1 aromatic rings. The van der Waals surface area contributed by atoms with Crippen LogP contribution >= 0.6 is 11.6 Å². The molecule has 0 radical (unpaired) electrons. The van der Waals surface area contributed by atoms with Crippen molar-refractivity contribution in [3.05, 3.63) is 28.8 Å². The second kappa shape index (κ2) is 6.26. The van der Waals surface area contributed by atoms with Gasteiger partial charge in [0.15, 0.2) is 0 Å². The number of halogens is 1. The number of benzene rings is 1. The molecular formula is C17H21ClN2O4. The lowest BCUT2D eigenvalue weighted by atomic mass is 9.76. The van der Waals surface area contributed by atoms with Crippen molar-refractivity contribution in [3.8, 4) is 5.75 Å². The number of carbonyl (C=O) groups excluding carboxylic acids is 1. The standard InChI is InChI=1S/C17H21ClN2O4/c1-19-10-17(9-13(19)16(23)24)4-6-20(7-5-17)15(22)12-3-2-11(18)8-14(12)21/h2-3,8,13,21H,4-7,9-10H2,1H3,(H,23,24)/t13-/m0/s1. The Morgan fingerprint density at radius 2 is 1.96 bits per heavy atom. The zero-order valence-corrected chi connectivity index (χ0v) is 14.3. The van der Waals surface area contributed by atoms with E-state index in [4.69, 9.17) is 11.6 Å². The highest BCUT2D eigenvalue weighted by atomic mass is 35.5. The Morgan fingerprint density at radius 1 is 1.29 bits per heavy atom. The van der Waals surface area contributed by atoms with Gasteiger partial charge >= 0.3 is 5.97 Å². The molecule has 130 valence electrons. The van der Waals surface area contributed by atoms with Gasteiger partial charge in [0.25, 0.3) is 5.91 Å². The van der Waals surface area contributed by atoms with E-state index in [0.717, 1.165) is 19.4 Å². The van der Waals surface area contributed by atoms with Gasteiger partial charge in [0.1, 0.15) is 11.8 Å². The molecule has 2 aliphatic rings. The van der Waals surface area contributed by atoms with Gasteiger partial charge in [0.05, 0.1) is 5.56 Å². The molecule has 0 aromatic heterocycles. The van der Waals surface area contributed by atoms with Crippen LogP contribution in [0.4, 0.5) is 0 Å². The van der Waals surface area contributed by atoms with Crippen LogP contribution in [0.1, 0.15) is 29.6 Å². The predicted octanol–water partition coefficient (Wildman–Crippen LogP) is 2.06. The number of rotatable bonds is 2. The Bertz CT molecular complexity index is 671. The highest BCUT2D eigenvalue weighted by molar-refractivity contribution is 6.30. The number of piperidine rings is 1. The van der Waals surface area contributed by atoms with Crippen LogP contribution in [-0.2, 0) is 4.79 Å². The van der Waals surface area contributed by atoms with Crippen LogP contribution in [-0.4, -0.2) is 64.6 Å². The van der Waals surface area contributed by atoms with Crippen LogP contribution in [0.3, 0.4) is 0 Å². The van der Waals surface area contributed by atoms with Crippen LogP contribution in [0, 0.1) is 5.41 Å². The minimum absolute atomic E-state index is 0.0311. The summed E-state index contributed by atoms with van der Waals surface area (Å²) in [5.41, 5.74) is 0.221. The fraction of sp³-hybridized carbons (Fsp3) is 0.529. The smallest absolute Gasteiger partial charge is 0.320 e. The van der Waals surface area contributed by atoms with E-state index in [1.54, 1.807) is 11.0 Å². The van der Waals surface area contributed by atoms with Gasteiger partial charge in [-0.05, 0) is 49.9 Å². The molecular weight excluding hydrogens is 332 g/mol. The molecule has 2 heterocycles. The molecule has 7 heteroatoms. The van der Waals surface area contributed by atoms with Gasteiger partial charge in [-0.2, -0.15) is 0 Å². The van der Waals surface area contributed by atoms with Gasteiger partial charge in [0.2, 0.25) is 0 Å². The predicted molar refractivity (Wildman–Crippen MR) is 89.4 cm³/mol. The lowest BCUT2D eigenvalue weighted by Crippen LogP contribution is -2.44. The highest BCUT2D eigenvalue weighted by Gasteiger charge is 2.47. The fourth-order valence-corrected chi connectivity index (χ4v) is 4.11. The molecule has 1 amide bonds. The minimum atomic E-state index is -0.779. The van der Waals surface area contributed by atoms with Gasteiger partial charge in [-0.3, -0.25) is 14.5 Å². The maximum absolute atomic E-state index is 12.6. The number of aliphatic carboxylic acids is 1. The minimum Gasteiger partial charge on any atom is -0.507 e. The normalized spacial score (nSPS) is 23.6. The quantitative estimate of drug-likeness (QED) is 0.851. The largest absolute Gasteiger partial charge is 0.507 e. The van der Waals surface area contributed by atoms with E-state index < -0.39 is 12.0 Å². The first-order valence-electron chi connectivity index (χ1n) is 8.02. The van der Waals surface area contributed by atoms with Gasteiger partial charge in [0, 0.05) is 24.7 Å². The van der Waals surface area contributed by atoms with Gasteiger partial charge in [-0.25, -0.2) is 0 Å². The Labute approximate surface area is 145 Å². The number of carboxylic acids is 1. The third kappa shape index (κ3) is 3.08. The van der Waals surface area contributed by atoms with Crippen LogP contribution in [0.2, 0.25) is 5.02 Å². The van der Waals surface area contributed by atoms with Crippen LogP contribution in [0.25, 0.3) is 0 Å². The first-order chi connectivity index (χ1) is 11.3. The summed E-state index contributed by atoms with van der Waals surface area (Å²) in [6.45, 7) is 1.89. The van der Waals surface area contributed by atoms with Crippen LogP contribution in [0.5, 0.6) is 5.75 Å². The molecule has 3 rings (SSSR count). The average molecular weight is 353 g/mol.